The third-order valence-electron chi connectivity index (χ3n) is 4.58. The maximum absolute atomic E-state index is 4.62. The lowest BCUT2D eigenvalue weighted by molar-refractivity contribution is 0.191. The molecule has 0 aliphatic carbocycles. The molecule has 2 heterocycles. The van der Waals surface area contributed by atoms with Gasteiger partial charge < -0.3 is 20.1 Å². The number of rotatable bonds is 8. The number of aromatic nitrogens is 3. The molecule has 0 aromatic carbocycles. The van der Waals surface area contributed by atoms with Crippen LogP contribution in [-0.4, -0.2) is 58.3 Å². The second-order valence-corrected chi connectivity index (χ2v) is 6.53. The molecule has 1 aliphatic rings. The normalized spacial score (nSPS) is 16.5. The fourth-order valence-corrected chi connectivity index (χ4v) is 2.95. The Labute approximate surface area is 169 Å². The summed E-state index contributed by atoms with van der Waals surface area (Å²) in [5.41, 5.74) is 0. The van der Waals surface area contributed by atoms with Crippen LogP contribution < -0.4 is 10.6 Å². The highest BCUT2D eigenvalue weighted by Crippen LogP contribution is 2.15. The van der Waals surface area contributed by atoms with Gasteiger partial charge in [0.05, 0.1) is 0 Å². The first kappa shape index (κ1) is 22.1. The smallest absolute Gasteiger partial charge is 0.191 e. The van der Waals surface area contributed by atoms with Gasteiger partial charge in [0.15, 0.2) is 11.8 Å². The van der Waals surface area contributed by atoms with Crippen molar-refractivity contribution in [2.75, 3.05) is 32.7 Å². The minimum atomic E-state index is 0. The van der Waals surface area contributed by atoms with Crippen molar-refractivity contribution in [2.24, 2.45) is 10.9 Å². The van der Waals surface area contributed by atoms with Crippen molar-refractivity contribution in [2.45, 2.75) is 53.1 Å². The average molecular weight is 463 g/mol. The molecule has 0 amide bonds. The van der Waals surface area contributed by atoms with Crippen molar-refractivity contribution >= 4 is 29.9 Å². The number of nitrogens with zero attached hydrogens (tertiary/aromatic N) is 5. The van der Waals surface area contributed by atoms with Crippen LogP contribution in [0.2, 0.25) is 0 Å². The second-order valence-electron chi connectivity index (χ2n) is 6.53. The number of guanidine groups is 1. The Bertz CT molecular complexity index is 495. The number of halogens is 1. The third-order valence-corrected chi connectivity index (χ3v) is 4.58. The number of piperidine rings is 1. The molecule has 0 bridgehead atoms. The first-order chi connectivity index (χ1) is 11.7. The van der Waals surface area contributed by atoms with Crippen molar-refractivity contribution < 1.29 is 0 Å². The zero-order valence-corrected chi connectivity index (χ0v) is 18.2. The van der Waals surface area contributed by atoms with Crippen LogP contribution in [0.5, 0.6) is 0 Å². The quantitative estimate of drug-likeness (QED) is 0.268. The Balaban J connectivity index is 0.00000312. The van der Waals surface area contributed by atoms with E-state index in [0.29, 0.717) is 6.54 Å². The molecule has 144 valence electrons. The van der Waals surface area contributed by atoms with Crippen LogP contribution in [0.15, 0.2) is 11.3 Å². The molecule has 0 atom stereocenters. The molecule has 2 N–H and O–H groups in total. The van der Waals surface area contributed by atoms with Gasteiger partial charge in [0.25, 0.3) is 0 Å². The molecule has 0 saturated carbocycles. The predicted octanol–water partition coefficient (Wildman–Crippen LogP) is 2.09. The molecule has 2 rings (SSSR count). The summed E-state index contributed by atoms with van der Waals surface area (Å²) in [6.45, 7) is 13.4. The van der Waals surface area contributed by atoms with Gasteiger partial charge in [-0.25, -0.2) is 4.99 Å². The number of likely N-dealkylation sites (tertiary alicyclic amines) is 1. The Kier molecular flexibility index (Phi) is 11.0. The van der Waals surface area contributed by atoms with Gasteiger partial charge >= 0.3 is 0 Å². The van der Waals surface area contributed by atoms with Gasteiger partial charge in [0, 0.05) is 19.6 Å². The highest BCUT2D eigenvalue weighted by atomic mass is 127. The molecule has 1 aromatic rings. The molecular formula is C17H34IN7. The molecule has 0 unspecified atom stereocenters. The molecule has 1 aliphatic heterocycles. The number of nitrogens with one attached hydrogen (secondary N) is 2. The zero-order chi connectivity index (χ0) is 17.2. The summed E-state index contributed by atoms with van der Waals surface area (Å²) in [6, 6.07) is 0. The van der Waals surface area contributed by atoms with Crippen LogP contribution in [0.25, 0.3) is 0 Å². The van der Waals surface area contributed by atoms with E-state index in [1.54, 1.807) is 6.33 Å². The van der Waals surface area contributed by atoms with E-state index in [1.807, 2.05) is 4.57 Å². The zero-order valence-electron chi connectivity index (χ0n) is 15.9. The molecule has 25 heavy (non-hydrogen) atoms. The first-order valence-corrected chi connectivity index (χ1v) is 9.34. The fourth-order valence-electron chi connectivity index (χ4n) is 2.95. The molecule has 0 spiro atoms. The Hall–Kier alpha value is -0.900. The van der Waals surface area contributed by atoms with Crippen LogP contribution in [-0.2, 0) is 13.1 Å². The minimum absolute atomic E-state index is 0. The molecule has 7 nitrogen and oxygen atoms in total. The van der Waals surface area contributed by atoms with Crippen molar-refractivity contribution in [1.29, 1.82) is 0 Å². The highest BCUT2D eigenvalue weighted by molar-refractivity contribution is 14.0. The molecule has 1 saturated heterocycles. The number of hydrogen-bond acceptors (Lipinski definition) is 4. The van der Waals surface area contributed by atoms with E-state index in [0.717, 1.165) is 43.8 Å². The van der Waals surface area contributed by atoms with E-state index in [4.69, 9.17) is 0 Å². The highest BCUT2D eigenvalue weighted by Gasteiger charge is 2.14. The van der Waals surface area contributed by atoms with Crippen molar-refractivity contribution in [3.8, 4) is 0 Å². The molecular weight excluding hydrogens is 429 g/mol. The monoisotopic (exact) mass is 463 g/mol. The van der Waals surface area contributed by atoms with Crippen molar-refractivity contribution in [1.82, 2.24) is 30.3 Å². The van der Waals surface area contributed by atoms with E-state index in [1.165, 1.54) is 32.5 Å². The fraction of sp³-hybridized carbons (Fsp3) is 0.824. The summed E-state index contributed by atoms with van der Waals surface area (Å²) in [6.07, 6.45) is 5.58. The summed E-state index contributed by atoms with van der Waals surface area (Å²) in [5, 5.41) is 14.8. The molecule has 1 fully saturated rings. The lowest BCUT2D eigenvalue weighted by atomic mass is 9.99. The van der Waals surface area contributed by atoms with Crippen molar-refractivity contribution in [3.63, 3.8) is 0 Å². The van der Waals surface area contributed by atoms with Gasteiger partial charge in [-0.2, -0.15) is 0 Å². The maximum atomic E-state index is 4.62. The van der Waals surface area contributed by atoms with Gasteiger partial charge in [-0.3, -0.25) is 0 Å². The van der Waals surface area contributed by atoms with Gasteiger partial charge in [-0.1, -0.05) is 6.92 Å². The summed E-state index contributed by atoms with van der Waals surface area (Å²) >= 11 is 0. The Morgan fingerprint density at radius 1 is 1.28 bits per heavy atom. The number of aryl methyl sites for hydroxylation is 1. The van der Waals surface area contributed by atoms with E-state index in [2.05, 4.69) is 51.5 Å². The van der Waals surface area contributed by atoms with Crippen LogP contribution in [0.4, 0.5) is 0 Å². The Morgan fingerprint density at radius 2 is 2.04 bits per heavy atom. The Morgan fingerprint density at radius 3 is 2.72 bits per heavy atom. The summed E-state index contributed by atoms with van der Waals surface area (Å²) < 4.78 is 2.02. The summed E-state index contributed by atoms with van der Waals surface area (Å²) in [5.74, 6) is 2.66. The topological polar surface area (TPSA) is 70.4 Å². The largest absolute Gasteiger partial charge is 0.357 e. The van der Waals surface area contributed by atoms with Gasteiger partial charge in [-0.15, -0.1) is 34.2 Å². The SMILES string of the molecule is CCNC(=NCc1nncn1CC)NCCCN1CCC(C)CC1.I. The molecule has 1 aromatic heterocycles. The standard InChI is InChI=1S/C17H33N7.HI/c1-4-18-17(20-13-16-22-21-14-24(16)5-2)19-9-6-10-23-11-7-15(3)8-12-23;/h14-15H,4-13H2,1-3H3,(H2,18,19,20);1H. The van der Waals surface area contributed by atoms with Crippen LogP contribution in [0.3, 0.4) is 0 Å². The maximum Gasteiger partial charge on any atom is 0.191 e. The molecule has 0 radical (unpaired) electrons. The van der Waals surface area contributed by atoms with Crippen LogP contribution in [0.1, 0.15) is 45.9 Å². The predicted molar refractivity (Wildman–Crippen MR) is 113 cm³/mol. The molecule has 8 heteroatoms. The van der Waals surface area contributed by atoms with Gasteiger partial charge in [0.1, 0.15) is 12.9 Å². The van der Waals surface area contributed by atoms with Gasteiger partial charge in [-0.05, 0) is 58.7 Å². The third kappa shape index (κ3) is 7.89. The minimum Gasteiger partial charge on any atom is -0.357 e. The van der Waals surface area contributed by atoms with E-state index < -0.39 is 0 Å². The lowest BCUT2D eigenvalue weighted by Gasteiger charge is -2.30. The summed E-state index contributed by atoms with van der Waals surface area (Å²) in [7, 11) is 0. The van der Waals surface area contributed by atoms with Crippen LogP contribution >= 0.6 is 24.0 Å². The van der Waals surface area contributed by atoms with E-state index in [-0.39, 0.29) is 24.0 Å². The van der Waals surface area contributed by atoms with E-state index in [9.17, 15) is 0 Å². The van der Waals surface area contributed by atoms with Gasteiger partial charge in [0.2, 0.25) is 0 Å². The average Bonchev–Trinajstić information content (AvgIpc) is 3.05. The number of hydrogen-bond donors (Lipinski definition) is 2. The van der Waals surface area contributed by atoms with Crippen LogP contribution in [0, 0.1) is 5.92 Å². The van der Waals surface area contributed by atoms with E-state index >= 15 is 0 Å². The lowest BCUT2D eigenvalue weighted by Crippen LogP contribution is -2.39. The second kappa shape index (κ2) is 12.5. The first-order valence-electron chi connectivity index (χ1n) is 9.34. The van der Waals surface area contributed by atoms with Crippen molar-refractivity contribution in [3.05, 3.63) is 12.2 Å². The number of aliphatic imine (C=N–C) groups is 1. The summed E-state index contributed by atoms with van der Waals surface area (Å²) in [4.78, 5) is 7.20.